The molecule has 2 atom stereocenters. The Morgan fingerprint density at radius 2 is 1.74 bits per heavy atom. The first-order valence-electron chi connectivity index (χ1n) is 9.18. The SMILES string of the molecule is Cc1cc(N2CC3CN(c4nc5nn(C)cc5c(=O)n4C)CC3C2)ncn1. The number of anilines is 2. The second-order valence-electron chi connectivity index (χ2n) is 7.66. The summed E-state index contributed by atoms with van der Waals surface area (Å²) in [6.07, 6.45) is 3.36. The standard InChI is InChI=1S/C18H22N8O/c1-11-4-15(20-10-19-11)25-5-12-7-26(8-13(12)6-25)18-21-16-14(9-23(2)22-16)17(27)24(18)3/h4,9-10,12-13H,5-8H2,1-3H3. The van der Waals surface area contributed by atoms with E-state index < -0.39 is 0 Å². The van der Waals surface area contributed by atoms with Gasteiger partial charge in [0.05, 0.1) is 0 Å². The first-order chi connectivity index (χ1) is 13.0. The predicted molar refractivity (Wildman–Crippen MR) is 102 cm³/mol. The lowest BCUT2D eigenvalue weighted by Crippen LogP contribution is -2.33. The van der Waals surface area contributed by atoms with Gasteiger partial charge in [-0.3, -0.25) is 14.0 Å². The Bertz CT molecular complexity index is 1070. The zero-order chi connectivity index (χ0) is 18.7. The third-order valence-corrected chi connectivity index (χ3v) is 5.73. The predicted octanol–water partition coefficient (Wildman–Crippen LogP) is 0.338. The summed E-state index contributed by atoms with van der Waals surface area (Å²) in [5.41, 5.74) is 1.46. The monoisotopic (exact) mass is 366 g/mol. The van der Waals surface area contributed by atoms with Crippen LogP contribution >= 0.6 is 0 Å². The van der Waals surface area contributed by atoms with Crippen LogP contribution in [-0.4, -0.2) is 55.5 Å². The molecule has 3 aromatic heterocycles. The van der Waals surface area contributed by atoms with Crippen LogP contribution in [0, 0.1) is 18.8 Å². The van der Waals surface area contributed by atoms with Crippen LogP contribution in [0.4, 0.5) is 11.8 Å². The number of hydrogen-bond acceptors (Lipinski definition) is 7. The van der Waals surface area contributed by atoms with E-state index in [0.717, 1.165) is 37.7 Å². The molecule has 5 heterocycles. The number of rotatable bonds is 2. The highest BCUT2D eigenvalue weighted by atomic mass is 16.1. The van der Waals surface area contributed by atoms with Crippen LogP contribution in [0.1, 0.15) is 5.69 Å². The number of hydrogen-bond donors (Lipinski definition) is 0. The van der Waals surface area contributed by atoms with Crippen molar-refractivity contribution in [1.82, 2.24) is 29.3 Å². The molecule has 9 nitrogen and oxygen atoms in total. The average molecular weight is 366 g/mol. The van der Waals surface area contributed by atoms with Gasteiger partial charge in [0.25, 0.3) is 5.56 Å². The lowest BCUT2D eigenvalue weighted by molar-refractivity contribution is 0.533. The van der Waals surface area contributed by atoms with Crippen molar-refractivity contribution in [3.05, 3.63) is 34.6 Å². The second-order valence-corrected chi connectivity index (χ2v) is 7.66. The average Bonchev–Trinajstić information content (AvgIpc) is 3.30. The van der Waals surface area contributed by atoms with Gasteiger partial charge < -0.3 is 9.80 Å². The third kappa shape index (κ3) is 2.56. The molecule has 9 heteroatoms. The van der Waals surface area contributed by atoms with Gasteiger partial charge in [-0.2, -0.15) is 10.1 Å². The summed E-state index contributed by atoms with van der Waals surface area (Å²) >= 11 is 0. The third-order valence-electron chi connectivity index (χ3n) is 5.73. The Morgan fingerprint density at radius 1 is 1.04 bits per heavy atom. The summed E-state index contributed by atoms with van der Waals surface area (Å²) in [6.45, 7) is 5.71. The van der Waals surface area contributed by atoms with E-state index in [1.165, 1.54) is 0 Å². The zero-order valence-electron chi connectivity index (χ0n) is 15.7. The van der Waals surface area contributed by atoms with Gasteiger partial charge in [0.15, 0.2) is 5.65 Å². The fraction of sp³-hybridized carbons (Fsp3) is 0.500. The lowest BCUT2D eigenvalue weighted by atomic mass is 10.0. The van der Waals surface area contributed by atoms with Gasteiger partial charge in [-0.25, -0.2) is 9.97 Å². The number of aryl methyl sites for hydroxylation is 2. The van der Waals surface area contributed by atoms with Crippen molar-refractivity contribution < 1.29 is 0 Å². The van der Waals surface area contributed by atoms with Gasteiger partial charge in [-0.1, -0.05) is 0 Å². The molecule has 0 radical (unpaired) electrons. The maximum Gasteiger partial charge on any atom is 0.265 e. The van der Waals surface area contributed by atoms with E-state index in [9.17, 15) is 4.79 Å². The Labute approximate surface area is 156 Å². The van der Waals surface area contributed by atoms with Crippen LogP contribution in [0.5, 0.6) is 0 Å². The molecular weight excluding hydrogens is 344 g/mol. The fourth-order valence-corrected chi connectivity index (χ4v) is 4.39. The molecule has 2 aliphatic heterocycles. The van der Waals surface area contributed by atoms with Crippen LogP contribution in [0.15, 0.2) is 23.4 Å². The molecule has 5 rings (SSSR count). The van der Waals surface area contributed by atoms with Crippen molar-refractivity contribution in [2.45, 2.75) is 6.92 Å². The first kappa shape index (κ1) is 16.2. The summed E-state index contributed by atoms with van der Waals surface area (Å²) in [5.74, 6) is 2.79. The highest BCUT2D eigenvalue weighted by Crippen LogP contribution is 2.35. The molecule has 0 saturated carbocycles. The van der Waals surface area contributed by atoms with Crippen molar-refractivity contribution in [2.75, 3.05) is 36.0 Å². The number of nitrogens with zero attached hydrogens (tertiary/aromatic N) is 8. The van der Waals surface area contributed by atoms with Crippen molar-refractivity contribution in [3.8, 4) is 0 Å². The maximum absolute atomic E-state index is 12.7. The maximum atomic E-state index is 12.7. The van der Waals surface area contributed by atoms with E-state index in [2.05, 4.69) is 29.9 Å². The summed E-state index contributed by atoms with van der Waals surface area (Å²) in [5, 5.41) is 4.89. The quantitative estimate of drug-likeness (QED) is 0.646. The minimum atomic E-state index is -0.0433. The van der Waals surface area contributed by atoms with E-state index >= 15 is 0 Å². The molecule has 0 aliphatic carbocycles. The van der Waals surface area contributed by atoms with Crippen molar-refractivity contribution in [1.29, 1.82) is 0 Å². The smallest absolute Gasteiger partial charge is 0.265 e. The van der Waals surface area contributed by atoms with Gasteiger partial charge >= 0.3 is 0 Å². The summed E-state index contributed by atoms with van der Waals surface area (Å²) in [6, 6.07) is 2.04. The minimum absolute atomic E-state index is 0.0433. The summed E-state index contributed by atoms with van der Waals surface area (Å²) < 4.78 is 3.29. The van der Waals surface area contributed by atoms with Crippen LogP contribution in [0.25, 0.3) is 11.0 Å². The molecule has 2 aliphatic rings. The van der Waals surface area contributed by atoms with Crippen LogP contribution in [0.3, 0.4) is 0 Å². The van der Waals surface area contributed by atoms with E-state index in [0.29, 0.717) is 28.8 Å². The summed E-state index contributed by atoms with van der Waals surface area (Å²) in [4.78, 5) is 30.5. The molecule has 0 amide bonds. The van der Waals surface area contributed by atoms with Crippen LogP contribution in [0.2, 0.25) is 0 Å². The summed E-state index contributed by atoms with van der Waals surface area (Å²) in [7, 11) is 3.60. The number of fused-ring (bicyclic) bond motifs is 2. The van der Waals surface area contributed by atoms with E-state index in [4.69, 9.17) is 0 Å². The normalized spacial score (nSPS) is 22.0. The number of aromatic nitrogens is 6. The van der Waals surface area contributed by atoms with Gasteiger partial charge in [0, 0.05) is 70.1 Å². The second kappa shape index (κ2) is 5.77. The van der Waals surface area contributed by atoms with Crippen LogP contribution < -0.4 is 15.4 Å². The first-order valence-corrected chi connectivity index (χ1v) is 9.18. The van der Waals surface area contributed by atoms with Gasteiger partial charge in [0.2, 0.25) is 5.95 Å². The lowest BCUT2D eigenvalue weighted by Gasteiger charge is -2.24. The topological polar surface area (TPSA) is 85.0 Å². The van der Waals surface area contributed by atoms with Gasteiger partial charge in [-0.05, 0) is 6.92 Å². The largest absolute Gasteiger partial charge is 0.356 e. The zero-order valence-corrected chi connectivity index (χ0v) is 15.7. The van der Waals surface area contributed by atoms with Crippen molar-refractivity contribution in [3.63, 3.8) is 0 Å². The Morgan fingerprint density at radius 3 is 2.44 bits per heavy atom. The fourth-order valence-electron chi connectivity index (χ4n) is 4.39. The van der Waals surface area contributed by atoms with Gasteiger partial charge in [0.1, 0.15) is 17.5 Å². The molecule has 2 unspecified atom stereocenters. The highest BCUT2D eigenvalue weighted by molar-refractivity contribution is 5.74. The molecule has 27 heavy (non-hydrogen) atoms. The highest BCUT2D eigenvalue weighted by Gasteiger charge is 2.41. The van der Waals surface area contributed by atoms with E-state index in [-0.39, 0.29) is 5.56 Å². The molecule has 0 bridgehead atoms. The molecule has 0 spiro atoms. The van der Waals surface area contributed by atoms with Crippen LogP contribution in [-0.2, 0) is 14.1 Å². The molecule has 2 saturated heterocycles. The molecule has 0 N–H and O–H groups in total. The Kier molecular flexibility index (Phi) is 3.46. The molecule has 2 fully saturated rings. The molecule has 140 valence electrons. The Balaban J connectivity index is 1.40. The van der Waals surface area contributed by atoms with E-state index in [1.54, 1.807) is 28.8 Å². The van der Waals surface area contributed by atoms with E-state index in [1.807, 2.05) is 20.0 Å². The van der Waals surface area contributed by atoms with Crippen molar-refractivity contribution >= 4 is 22.8 Å². The van der Waals surface area contributed by atoms with Gasteiger partial charge in [-0.15, -0.1) is 0 Å². The minimum Gasteiger partial charge on any atom is -0.356 e. The Hall–Kier alpha value is -2.97. The van der Waals surface area contributed by atoms with Crippen molar-refractivity contribution in [2.24, 2.45) is 25.9 Å². The molecule has 0 aromatic carbocycles. The molecular formula is C18H22N8O. The molecule has 3 aromatic rings.